The van der Waals surface area contributed by atoms with Gasteiger partial charge in [-0.3, -0.25) is 4.79 Å². The number of nitrogens with two attached hydrogens (primary N) is 1. The Balaban J connectivity index is 1.91. The number of benzene rings is 1. The number of carbonyl (C=O) groups excluding carboxylic acids is 1. The third-order valence-electron chi connectivity index (χ3n) is 2.29. The molecule has 0 saturated carbocycles. The summed E-state index contributed by atoms with van der Waals surface area (Å²) in [6, 6.07) is 7.29. The van der Waals surface area contributed by atoms with E-state index in [0.29, 0.717) is 5.75 Å². The summed E-state index contributed by atoms with van der Waals surface area (Å²) in [4.78, 5) is 12.6. The summed E-state index contributed by atoms with van der Waals surface area (Å²) in [5.41, 5.74) is 8.38. The van der Waals surface area contributed by atoms with E-state index in [2.05, 4.69) is 25.9 Å². The van der Waals surface area contributed by atoms with Crippen molar-refractivity contribution in [2.75, 3.05) is 12.8 Å². The van der Waals surface area contributed by atoms with Crippen molar-refractivity contribution in [1.29, 1.82) is 0 Å². The van der Waals surface area contributed by atoms with Gasteiger partial charge in [-0.05, 0) is 17.3 Å². The van der Waals surface area contributed by atoms with Crippen molar-refractivity contribution >= 4 is 18.1 Å². The molecule has 2 aromatic rings. The van der Waals surface area contributed by atoms with Crippen LogP contribution in [0.2, 0.25) is 0 Å². The monoisotopic (exact) mass is 275 g/mol. The Labute approximate surface area is 114 Å². The molecular formula is C11H13N7O2. The van der Waals surface area contributed by atoms with Crippen LogP contribution in [0.25, 0.3) is 0 Å². The van der Waals surface area contributed by atoms with Gasteiger partial charge in [-0.1, -0.05) is 17.2 Å². The van der Waals surface area contributed by atoms with Crippen LogP contribution in [0.3, 0.4) is 0 Å². The van der Waals surface area contributed by atoms with E-state index in [0.717, 1.165) is 10.4 Å². The molecular weight excluding hydrogens is 262 g/mol. The third kappa shape index (κ3) is 3.51. The van der Waals surface area contributed by atoms with Gasteiger partial charge in [0.15, 0.2) is 0 Å². The van der Waals surface area contributed by atoms with Crippen molar-refractivity contribution in [2.45, 2.75) is 6.54 Å². The van der Waals surface area contributed by atoms with Crippen LogP contribution in [0.4, 0.5) is 5.95 Å². The lowest BCUT2D eigenvalue weighted by molar-refractivity contribution is -0.122. The topological polar surface area (TPSA) is 120 Å². The molecule has 0 aliphatic carbocycles. The summed E-state index contributed by atoms with van der Waals surface area (Å²) in [6.45, 7) is -0.118. The predicted octanol–water partition coefficient (Wildman–Crippen LogP) is -0.586. The number of amides is 1. The summed E-state index contributed by atoms with van der Waals surface area (Å²) in [5, 5.41) is 14.5. The highest BCUT2D eigenvalue weighted by Crippen LogP contribution is 2.14. The molecule has 2 rings (SSSR count). The lowest BCUT2D eigenvalue weighted by atomic mass is 10.2. The second-order valence-corrected chi connectivity index (χ2v) is 3.71. The SMILES string of the molecule is COc1ccccc1/C=N/NC(=O)Cn1nnc(N)n1. The fourth-order valence-corrected chi connectivity index (χ4v) is 1.43. The van der Waals surface area contributed by atoms with Gasteiger partial charge in [-0.2, -0.15) is 9.90 Å². The van der Waals surface area contributed by atoms with Gasteiger partial charge < -0.3 is 10.5 Å². The molecule has 0 spiro atoms. The number of ether oxygens (including phenoxy) is 1. The van der Waals surface area contributed by atoms with Crippen LogP contribution in [0.15, 0.2) is 29.4 Å². The Kier molecular flexibility index (Phi) is 4.22. The Morgan fingerprint density at radius 2 is 2.35 bits per heavy atom. The van der Waals surface area contributed by atoms with E-state index in [1.165, 1.54) is 6.21 Å². The first kappa shape index (κ1) is 13.5. The van der Waals surface area contributed by atoms with E-state index in [-0.39, 0.29) is 12.5 Å². The van der Waals surface area contributed by atoms with Crippen molar-refractivity contribution in [3.8, 4) is 5.75 Å². The summed E-state index contributed by atoms with van der Waals surface area (Å²) in [6.07, 6.45) is 1.49. The van der Waals surface area contributed by atoms with Crippen LogP contribution in [-0.2, 0) is 11.3 Å². The van der Waals surface area contributed by atoms with E-state index in [1.807, 2.05) is 18.2 Å². The number of aromatic nitrogens is 4. The number of para-hydroxylation sites is 1. The largest absolute Gasteiger partial charge is 0.496 e. The third-order valence-corrected chi connectivity index (χ3v) is 2.29. The molecule has 1 heterocycles. The Morgan fingerprint density at radius 1 is 1.55 bits per heavy atom. The fourth-order valence-electron chi connectivity index (χ4n) is 1.43. The molecule has 0 aliphatic rings. The molecule has 9 heteroatoms. The van der Waals surface area contributed by atoms with Gasteiger partial charge in [0, 0.05) is 5.56 Å². The summed E-state index contributed by atoms with van der Waals surface area (Å²) >= 11 is 0. The Hall–Kier alpha value is -2.97. The molecule has 20 heavy (non-hydrogen) atoms. The second kappa shape index (κ2) is 6.27. The second-order valence-electron chi connectivity index (χ2n) is 3.71. The van der Waals surface area contributed by atoms with E-state index >= 15 is 0 Å². The lowest BCUT2D eigenvalue weighted by Crippen LogP contribution is -2.24. The van der Waals surface area contributed by atoms with Crippen molar-refractivity contribution in [2.24, 2.45) is 5.10 Å². The van der Waals surface area contributed by atoms with Gasteiger partial charge in [-0.15, -0.1) is 5.10 Å². The van der Waals surface area contributed by atoms with Crippen molar-refractivity contribution in [3.63, 3.8) is 0 Å². The first-order chi connectivity index (χ1) is 9.69. The zero-order valence-electron chi connectivity index (χ0n) is 10.7. The Morgan fingerprint density at radius 3 is 3.05 bits per heavy atom. The first-order valence-corrected chi connectivity index (χ1v) is 5.67. The molecule has 0 aliphatic heterocycles. The van der Waals surface area contributed by atoms with Crippen LogP contribution in [0.1, 0.15) is 5.56 Å². The van der Waals surface area contributed by atoms with Gasteiger partial charge in [0.2, 0.25) is 0 Å². The van der Waals surface area contributed by atoms with E-state index in [1.54, 1.807) is 13.2 Å². The van der Waals surface area contributed by atoms with Crippen LogP contribution in [0, 0.1) is 0 Å². The predicted molar refractivity (Wildman–Crippen MR) is 71.0 cm³/mol. The summed E-state index contributed by atoms with van der Waals surface area (Å²) in [5.74, 6) is 0.278. The maximum absolute atomic E-state index is 11.5. The average molecular weight is 275 g/mol. The fraction of sp³-hybridized carbons (Fsp3) is 0.182. The molecule has 1 aromatic heterocycles. The van der Waals surface area contributed by atoms with Crippen molar-refractivity contribution in [3.05, 3.63) is 29.8 Å². The van der Waals surface area contributed by atoms with Crippen LogP contribution >= 0.6 is 0 Å². The number of tetrazole rings is 1. The lowest BCUT2D eigenvalue weighted by Gasteiger charge is -2.03. The van der Waals surface area contributed by atoms with E-state index in [4.69, 9.17) is 10.5 Å². The molecule has 3 N–H and O–H groups in total. The quantitative estimate of drug-likeness (QED) is 0.556. The molecule has 0 saturated heterocycles. The van der Waals surface area contributed by atoms with E-state index < -0.39 is 5.91 Å². The van der Waals surface area contributed by atoms with Gasteiger partial charge in [0.25, 0.3) is 11.9 Å². The maximum Gasteiger partial charge on any atom is 0.263 e. The average Bonchev–Trinajstić information content (AvgIpc) is 2.84. The number of carbonyl (C=O) groups is 1. The maximum atomic E-state index is 11.5. The van der Waals surface area contributed by atoms with Crippen LogP contribution in [0.5, 0.6) is 5.75 Å². The molecule has 0 atom stereocenters. The number of hydrogen-bond donors (Lipinski definition) is 2. The molecule has 9 nitrogen and oxygen atoms in total. The highest BCUT2D eigenvalue weighted by molar-refractivity contribution is 5.85. The number of anilines is 1. The number of methoxy groups -OCH3 is 1. The van der Waals surface area contributed by atoms with Gasteiger partial charge in [0.05, 0.1) is 13.3 Å². The number of hydrogen-bond acceptors (Lipinski definition) is 7. The van der Waals surface area contributed by atoms with E-state index in [9.17, 15) is 4.79 Å². The zero-order valence-corrected chi connectivity index (χ0v) is 10.7. The summed E-state index contributed by atoms with van der Waals surface area (Å²) < 4.78 is 5.15. The molecule has 0 radical (unpaired) electrons. The number of nitrogens with one attached hydrogen (secondary N) is 1. The smallest absolute Gasteiger partial charge is 0.263 e. The van der Waals surface area contributed by atoms with Crippen LogP contribution in [-0.4, -0.2) is 39.4 Å². The molecule has 104 valence electrons. The first-order valence-electron chi connectivity index (χ1n) is 5.67. The summed E-state index contributed by atoms with van der Waals surface area (Å²) in [7, 11) is 1.56. The van der Waals surface area contributed by atoms with Gasteiger partial charge in [0.1, 0.15) is 12.3 Å². The number of nitrogen functional groups attached to an aromatic ring is 1. The molecule has 0 bridgehead atoms. The normalized spacial score (nSPS) is 10.7. The minimum Gasteiger partial charge on any atom is -0.496 e. The van der Waals surface area contributed by atoms with Crippen LogP contribution < -0.4 is 15.9 Å². The minimum absolute atomic E-state index is 0.00956. The van der Waals surface area contributed by atoms with Crippen molar-refractivity contribution in [1.82, 2.24) is 25.6 Å². The molecule has 1 amide bonds. The van der Waals surface area contributed by atoms with Gasteiger partial charge >= 0.3 is 0 Å². The number of hydrazone groups is 1. The Bertz CT molecular complexity index is 623. The van der Waals surface area contributed by atoms with Gasteiger partial charge in [-0.25, -0.2) is 5.43 Å². The highest BCUT2D eigenvalue weighted by Gasteiger charge is 2.04. The van der Waals surface area contributed by atoms with Crippen molar-refractivity contribution < 1.29 is 9.53 Å². The standard InChI is InChI=1S/C11H13N7O2/c1-20-9-5-3-2-4-8(9)6-13-14-10(19)7-18-16-11(12)15-17-18/h2-6H,7H2,1H3,(H2,12,16)(H,14,19)/b13-6+. The molecule has 0 fully saturated rings. The molecule has 1 aromatic carbocycles. The zero-order chi connectivity index (χ0) is 14.4. The number of nitrogens with zero attached hydrogens (tertiary/aromatic N) is 5. The minimum atomic E-state index is -0.395. The highest BCUT2D eigenvalue weighted by atomic mass is 16.5. The molecule has 0 unspecified atom stereocenters. The number of rotatable bonds is 5.